The standard InChI is InChI=1S/C11H19N/c1-3-6-11(9-12)7-5-10(4-2)8-11/h1,10H,4-9,12H2,2H3. The third-order valence-corrected chi connectivity index (χ3v) is 3.29. The Morgan fingerprint density at radius 1 is 1.67 bits per heavy atom. The lowest BCUT2D eigenvalue weighted by Gasteiger charge is -2.24. The van der Waals surface area contributed by atoms with Gasteiger partial charge in [0.2, 0.25) is 0 Å². The van der Waals surface area contributed by atoms with Crippen LogP contribution >= 0.6 is 0 Å². The molecular weight excluding hydrogens is 146 g/mol. The molecule has 0 aromatic carbocycles. The number of hydrogen-bond acceptors (Lipinski definition) is 1. The van der Waals surface area contributed by atoms with Crippen LogP contribution in [0.25, 0.3) is 0 Å². The van der Waals surface area contributed by atoms with E-state index in [-0.39, 0.29) is 0 Å². The molecule has 0 saturated heterocycles. The SMILES string of the molecule is C#CCC1(CN)CCC(CC)C1. The highest BCUT2D eigenvalue weighted by atomic mass is 14.6. The van der Waals surface area contributed by atoms with Crippen LogP contribution in [0.3, 0.4) is 0 Å². The summed E-state index contributed by atoms with van der Waals surface area (Å²) in [5.74, 6) is 3.64. The molecule has 1 fully saturated rings. The third-order valence-electron chi connectivity index (χ3n) is 3.29. The first-order valence-corrected chi connectivity index (χ1v) is 4.90. The van der Waals surface area contributed by atoms with Crippen LogP contribution in [0.2, 0.25) is 0 Å². The van der Waals surface area contributed by atoms with Crippen LogP contribution < -0.4 is 5.73 Å². The molecule has 0 spiro atoms. The largest absolute Gasteiger partial charge is 0.330 e. The molecule has 2 unspecified atom stereocenters. The Bertz CT molecular complexity index is 180. The fourth-order valence-corrected chi connectivity index (χ4v) is 2.31. The Morgan fingerprint density at radius 2 is 2.42 bits per heavy atom. The molecule has 1 aliphatic carbocycles. The molecule has 1 heteroatoms. The van der Waals surface area contributed by atoms with Crippen molar-refractivity contribution in [2.24, 2.45) is 17.1 Å². The highest BCUT2D eigenvalue weighted by Gasteiger charge is 2.36. The second kappa shape index (κ2) is 3.96. The maximum Gasteiger partial charge on any atom is 0.0155 e. The molecule has 0 aromatic rings. The molecule has 68 valence electrons. The summed E-state index contributed by atoms with van der Waals surface area (Å²) in [4.78, 5) is 0. The minimum atomic E-state index is 0.301. The lowest BCUT2D eigenvalue weighted by atomic mass is 9.82. The summed E-state index contributed by atoms with van der Waals surface area (Å²) < 4.78 is 0. The van der Waals surface area contributed by atoms with Crippen molar-refractivity contribution < 1.29 is 0 Å². The fraction of sp³-hybridized carbons (Fsp3) is 0.818. The van der Waals surface area contributed by atoms with E-state index >= 15 is 0 Å². The fourth-order valence-electron chi connectivity index (χ4n) is 2.31. The van der Waals surface area contributed by atoms with Gasteiger partial charge >= 0.3 is 0 Å². The number of rotatable bonds is 3. The average Bonchev–Trinajstić information content (AvgIpc) is 2.50. The topological polar surface area (TPSA) is 26.0 Å². The van der Waals surface area contributed by atoms with Gasteiger partial charge in [-0.05, 0) is 37.1 Å². The van der Waals surface area contributed by atoms with Gasteiger partial charge < -0.3 is 5.73 Å². The maximum absolute atomic E-state index is 5.78. The minimum absolute atomic E-state index is 0.301. The van der Waals surface area contributed by atoms with Crippen molar-refractivity contribution in [3.05, 3.63) is 0 Å². The highest BCUT2D eigenvalue weighted by Crippen LogP contribution is 2.44. The van der Waals surface area contributed by atoms with Crippen molar-refractivity contribution in [1.82, 2.24) is 0 Å². The summed E-state index contributed by atoms with van der Waals surface area (Å²) >= 11 is 0. The van der Waals surface area contributed by atoms with Crippen LogP contribution in [0.15, 0.2) is 0 Å². The van der Waals surface area contributed by atoms with Crippen LogP contribution in [-0.2, 0) is 0 Å². The second-order valence-electron chi connectivity index (χ2n) is 4.10. The molecule has 0 radical (unpaired) electrons. The molecule has 1 nitrogen and oxygen atoms in total. The zero-order valence-corrected chi connectivity index (χ0v) is 7.97. The average molecular weight is 165 g/mol. The second-order valence-corrected chi connectivity index (χ2v) is 4.10. The van der Waals surface area contributed by atoms with E-state index in [1.807, 2.05) is 0 Å². The highest BCUT2D eigenvalue weighted by molar-refractivity contribution is 4.99. The molecular formula is C11H19N. The summed E-state index contributed by atoms with van der Waals surface area (Å²) in [5.41, 5.74) is 6.08. The Hall–Kier alpha value is -0.480. The van der Waals surface area contributed by atoms with Gasteiger partial charge in [0, 0.05) is 6.42 Å². The maximum atomic E-state index is 5.78. The normalized spacial score (nSPS) is 34.9. The molecule has 2 atom stereocenters. The lowest BCUT2D eigenvalue weighted by molar-refractivity contribution is 0.301. The number of hydrogen-bond donors (Lipinski definition) is 1. The van der Waals surface area contributed by atoms with Crippen molar-refractivity contribution >= 4 is 0 Å². The van der Waals surface area contributed by atoms with Gasteiger partial charge in [0.05, 0.1) is 0 Å². The van der Waals surface area contributed by atoms with Crippen LogP contribution in [-0.4, -0.2) is 6.54 Å². The van der Waals surface area contributed by atoms with Crippen molar-refractivity contribution in [2.45, 2.75) is 39.0 Å². The van der Waals surface area contributed by atoms with Gasteiger partial charge in [0.1, 0.15) is 0 Å². The van der Waals surface area contributed by atoms with E-state index in [0.717, 1.165) is 18.9 Å². The zero-order chi connectivity index (χ0) is 9.03. The predicted molar refractivity (Wildman–Crippen MR) is 52.6 cm³/mol. The molecule has 0 aliphatic heterocycles. The van der Waals surface area contributed by atoms with Gasteiger partial charge in [-0.15, -0.1) is 12.3 Å². The van der Waals surface area contributed by atoms with E-state index < -0.39 is 0 Å². The summed E-state index contributed by atoms with van der Waals surface area (Å²) in [6.45, 7) is 3.03. The van der Waals surface area contributed by atoms with Crippen LogP contribution in [0, 0.1) is 23.7 Å². The van der Waals surface area contributed by atoms with Gasteiger partial charge in [-0.25, -0.2) is 0 Å². The van der Waals surface area contributed by atoms with Crippen molar-refractivity contribution in [2.75, 3.05) is 6.54 Å². The van der Waals surface area contributed by atoms with Gasteiger partial charge in [0.25, 0.3) is 0 Å². The molecule has 1 aliphatic rings. The smallest absolute Gasteiger partial charge is 0.0155 e. The molecule has 0 amide bonds. The Morgan fingerprint density at radius 3 is 2.83 bits per heavy atom. The van der Waals surface area contributed by atoms with E-state index in [0.29, 0.717) is 5.41 Å². The molecule has 0 bridgehead atoms. The van der Waals surface area contributed by atoms with E-state index in [4.69, 9.17) is 12.2 Å². The summed E-state index contributed by atoms with van der Waals surface area (Å²) in [6.07, 6.45) is 11.3. The summed E-state index contributed by atoms with van der Waals surface area (Å²) in [6, 6.07) is 0. The summed E-state index contributed by atoms with van der Waals surface area (Å²) in [7, 11) is 0. The number of nitrogens with two attached hydrogens (primary N) is 1. The van der Waals surface area contributed by atoms with Crippen molar-refractivity contribution in [3.8, 4) is 12.3 Å². The van der Waals surface area contributed by atoms with E-state index in [2.05, 4.69) is 12.8 Å². The lowest BCUT2D eigenvalue weighted by Crippen LogP contribution is -2.27. The molecule has 2 N–H and O–H groups in total. The first-order chi connectivity index (χ1) is 5.76. The molecule has 1 rings (SSSR count). The Labute approximate surface area is 75.7 Å². The monoisotopic (exact) mass is 165 g/mol. The third kappa shape index (κ3) is 1.81. The first-order valence-electron chi connectivity index (χ1n) is 4.90. The quantitative estimate of drug-likeness (QED) is 0.637. The zero-order valence-electron chi connectivity index (χ0n) is 7.97. The molecule has 0 aromatic heterocycles. The van der Waals surface area contributed by atoms with E-state index in [9.17, 15) is 0 Å². The first kappa shape index (κ1) is 9.61. The number of terminal acetylenes is 1. The van der Waals surface area contributed by atoms with Crippen LogP contribution in [0.4, 0.5) is 0 Å². The minimum Gasteiger partial charge on any atom is -0.330 e. The van der Waals surface area contributed by atoms with Crippen molar-refractivity contribution in [3.63, 3.8) is 0 Å². The summed E-state index contributed by atoms with van der Waals surface area (Å²) in [5, 5.41) is 0. The molecule has 1 saturated carbocycles. The Balaban J connectivity index is 2.54. The van der Waals surface area contributed by atoms with Gasteiger partial charge in [-0.2, -0.15) is 0 Å². The predicted octanol–water partition coefficient (Wildman–Crippen LogP) is 2.16. The van der Waals surface area contributed by atoms with Gasteiger partial charge in [0.15, 0.2) is 0 Å². The molecule has 12 heavy (non-hydrogen) atoms. The Kier molecular flexibility index (Phi) is 3.17. The van der Waals surface area contributed by atoms with E-state index in [1.54, 1.807) is 0 Å². The van der Waals surface area contributed by atoms with Crippen LogP contribution in [0.1, 0.15) is 39.0 Å². The van der Waals surface area contributed by atoms with Crippen molar-refractivity contribution in [1.29, 1.82) is 0 Å². The molecule has 0 heterocycles. The van der Waals surface area contributed by atoms with Crippen LogP contribution in [0.5, 0.6) is 0 Å². The van der Waals surface area contributed by atoms with Gasteiger partial charge in [-0.3, -0.25) is 0 Å². The van der Waals surface area contributed by atoms with E-state index in [1.165, 1.54) is 25.7 Å². The van der Waals surface area contributed by atoms with Gasteiger partial charge in [-0.1, -0.05) is 13.3 Å².